The van der Waals surface area contributed by atoms with Gasteiger partial charge in [0, 0.05) is 0 Å². The molecule has 0 unspecified atom stereocenters. The second kappa shape index (κ2) is 9.79. The molecule has 0 aromatic heterocycles. The second-order valence-corrected chi connectivity index (χ2v) is 6.09. The number of alkyl halides is 1. The molecule has 0 saturated carbocycles. The Hall–Kier alpha value is -1.14. The zero-order valence-corrected chi connectivity index (χ0v) is 14.5. The lowest BCUT2D eigenvalue weighted by molar-refractivity contribution is 0.00447. The van der Waals surface area contributed by atoms with Crippen LogP contribution in [0.1, 0.15) is 18.4 Å². The topological polar surface area (TPSA) is 18.5 Å². The quantitative estimate of drug-likeness (QED) is 0.425. The summed E-state index contributed by atoms with van der Waals surface area (Å²) in [7, 11) is 0. The number of hydrogen-bond donors (Lipinski definition) is 0. The molecule has 0 radical (unpaired) electrons. The molecule has 1 atom stereocenters. The monoisotopic (exact) mass is 414 g/mol. The van der Waals surface area contributed by atoms with Crippen molar-refractivity contribution in [2.24, 2.45) is 0 Å². The van der Waals surface area contributed by atoms with E-state index in [1.165, 1.54) is 12.1 Å². The van der Waals surface area contributed by atoms with Gasteiger partial charge in [0.25, 0.3) is 0 Å². The first kappa shape index (κ1) is 17.2. The summed E-state index contributed by atoms with van der Waals surface area (Å²) in [6, 6.07) is 16.2. The molecule has 0 heterocycles. The summed E-state index contributed by atoms with van der Waals surface area (Å²) in [5, 5.41) is 0. The van der Waals surface area contributed by atoms with Crippen LogP contribution in [0.25, 0.3) is 0 Å². The van der Waals surface area contributed by atoms with Crippen LogP contribution in [0.3, 0.4) is 0 Å². The highest BCUT2D eigenvalue weighted by atomic mass is 127. The number of halogens is 2. The van der Waals surface area contributed by atoms with Gasteiger partial charge >= 0.3 is 0 Å². The average Bonchev–Trinajstić information content (AvgIpc) is 2.56. The summed E-state index contributed by atoms with van der Waals surface area (Å²) in [4.78, 5) is 0. The lowest BCUT2D eigenvalue weighted by atomic mass is 10.2. The SMILES string of the molecule is Fc1ccc(OC[C@H](CCCI)OCc2ccccc2)cc1. The highest BCUT2D eigenvalue weighted by Gasteiger charge is 2.10. The smallest absolute Gasteiger partial charge is 0.123 e. The van der Waals surface area contributed by atoms with Crippen molar-refractivity contribution in [2.75, 3.05) is 11.0 Å². The fourth-order valence-electron chi connectivity index (χ4n) is 2.03. The largest absolute Gasteiger partial charge is 0.491 e. The van der Waals surface area contributed by atoms with Crippen molar-refractivity contribution in [1.29, 1.82) is 0 Å². The maximum absolute atomic E-state index is 12.9. The van der Waals surface area contributed by atoms with Gasteiger partial charge in [0.1, 0.15) is 18.2 Å². The van der Waals surface area contributed by atoms with Gasteiger partial charge in [-0.15, -0.1) is 0 Å². The predicted octanol–water partition coefficient (Wildman–Crippen LogP) is 5.01. The van der Waals surface area contributed by atoms with Crippen LogP contribution >= 0.6 is 22.6 Å². The normalized spacial score (nSPS) is 12.1. The number of rotatable bonds is 9. The number of hydrogen-bond acceptors (Lipinski definition) is 2. The molecule has 118 valence electrons. The molecular formula is C18H20FIO2. The minimum Gasteiger partial charge on any atom is -0.491 e. The summed E-state index contributed by atoms with van der Waals surface area (Å²) in [5.74, 6) is 0.415. The maximum Gasteiger partial charge on any atom is 0.123 e. The Morgan fingerprint density at radius 3 is 2.41 bits per heavy atom. The highest BCUT2D eigenvalue weighted by molar-refractivity contribution is 14.1. The van der Waals surface area contributed by atoms with Crippen LogP contribution in [0.15, 0.2) is 54.6 Å². The molecule has 0 amide bonds. The summed E-state index contributed by atoms with van der Waals surface area (Å²) in [5.41, 5.74) is 1.16. The van der Waals surface area contributed by atoms with Gasteiger partial charge in [-0.05, 0) is 47.1 Å². The van der Waals surface area contributed by atoms with E-state index in [0.29, 0.717) is 19.0 Å². The van der Waals surface area contributed by atoms with Crippen molar-refractivity contribution >= 4 is 22.6 Å². The van der Waals surface area contributed by atoms with Gasteiger partial charge < -0.3 is 9.47 Å². The van der Waals surface area contributed by atoms with Crippen molar-refractivity contribution < 1.29 is 13.9 Å². The highest BCUT2D eigenvalue weighted by Crippen LogP contribution is 2.14. The van der Waals surface area contributed by atoms with Gasteiger partial charge in [-0.2, -0.15) is 0 Å². The van der Waals surface area contributed by atoms with Crippen molar-refractivity contribution in [3.8, 4) is 5.75 Å². The van der Waals surface area contributed by atoms with E-state index in [-0.39, 0.29) is 11.9 Å². The summed E-state index contributed by atoms with van der Waals surface area (Å²) >= 11 is 2.37. The van der Waals surface area contributed by atoms with E-state index in [1.807, 2.05) is 18.2 Å². The molecular weight excluding hydrogens is 394 g/mol. The second-order valence-electron chi connectivity index (χ2n) is 5.01. The Bertz CT molecular complexity index is 531. The number of benzene rings is 2. The first-order chi connectivity index (χ1) is 10.8. The van der Waals surface area contributed by atoms with E-state index in [2.05, 4.69) is 34.7 Å². The predicted molar refractivity (Wildman–Crippen MR) is 95.0 cm³/mol. The molecule has 0 aliphatic carbocycles. The zero-order chi connectivity index (χ0) is 15.6. The fraction of sp³-hybridized carbons (Fsp3) is 0.333. The molecule has 0 aliphatic rings. The zero-order valence-electron chi connectivity index (χ0n) is 12.4. The van der Waals surface area contributed by atoms with Crippen LogP contribution < -0.4 is 4.74 Å². The van der Waals surface area contributed by atoms with Crippen molar-refractivity contribution in [3.05, 3.63) is 66.0 Å². The van der Waals surface area contributed by atoms with E-state index in [4.69, 9.17) is 9.47 Å². The molecule has 2 aromatic carbocycles. The Kier molecular flexibility index (Phi) is 7.66. The van der Waals surface area contributed by atoms with Gasteiger partial charge in [-0.3, -0.25) is 0 Å². The van der Waals surface area contributed by atoms with Crippen LogP contribution in [0.2, 0.25) is 0 Å². The fourth-order valence-corrected chi connectivity index (χ4v) is 2.47. The molecule has 0 bridgehead atoms. The third-order valence-electron chi connectivity index (χ3n) is 3.24. The Labute approximate surface area is 144 Å². The van der Waals surface area contributed by atoms with Gasteiger partial charge in [0.15, 0.2) is 0 Å². The Balaban J connectivity index is 1.84. The van der Waals surface area contributed by atoms with Crippen molar-refractivity contribution in [2.45, 2.75) is 25.6 Å². The molecule has 0 fully saturated rings. The molecule has 0 spiro atoms. The van der Waals surface area contributed by atoms with Gasteiger partial charge in [0.05, 0.1) is 12.7 Å². The van der Waals surface area contributed by atoms with Crippen LogP contribution in [0, 0.1) is 5.82 Å². The maximum atomic E-state index is 12.9. The molecule has 4 heteroatoms. The molecule has 2 nitrogen and oxygen atoms in total. The third-order valence-corrected chi connectivity index (χ3v) is 4.00. The van der Waals surface area contributed by atoms with Gasteiger partial charge in [0.2, 0.25) is 0 Å². The Morgan fingerprint density at radius 1 is 1.00 bits per heavy atom. The van der Waals surface area contributed by atoms with E-state index in [1.54, 1.807) is 12.1 Å². The Morgan fingerprint density at radius 2 is 1.73 bits per heavy atom. The molecule has 2 aromatic rings. The third kappa shape index (κ3) is 6.32. The van der Waals surface area contributed by atoms with Crippen LogP contribution in [0.4, 0.5) is 4.39 Å². The summed E-state index contributed by atoms with van der Waals surface area (Å²) in [6.07, 6.45) is 2.09. The molecule has 0 N–H and O–H groups in total. The number of ether oxygens (including phenoxy) is 2. The molecule has 22 heavy (non-hydrogen) atoms. The first-order valence-corrected chi connectivity index (χ1v) is 8.90. The van der Waals surface area contributed by atoms with Crippen LogP contribution in [-0.2, 0) is 11.3 Å². The molecule has 2 rings (SSSR count). The van der Waals surface area contributed by atoms with E-state index >= 15 is 0 Å². The lowest BCUT2D eigenvalue weighted by Gasteiger charge is -2.18. The van der Waals surface area contributed by atoms with Crippen molar-refractivity contribution in [3.63, 3.8) is 0 Å². The molecule has 0 aliphatic heterocycles. The van der Waals surface area contributed by atoms with Crippen molar-refractivity contribution in [1.82, 2.24) is 0 Å². The lowest BCUT2D eigenvalue weighted by Crippen LogP contribution is -2.22. The van der Waals surface area contributed by atoms with E-state index in [0.717, 1.165) is 22.8 Å². The standard InChI is InChI=1S/C18H20FIO2/c19-16-8-10-17(11-9-16)22-14-18(7-4-12-20)21-13-15-5-2-1-3-6-15/h1-3,5-6,8-11,18H,4,7,12-14H2/t18-/m0/s1. The minimum absolute atomic E-state index is 0.0417. The molecule has 0 saturated heterocycles. The van der Waals surface area contributed by atoms with Crippen LogP contribution in [-0.4, -0.2) is 17.1 Å². The van der Waals surface area contributed by atoms with E-state index in [9.17, 15) is 4.39 Å². The minimum atomic E-state index is -0.255. The summed E-state index contributed by atoms with van der Waals surface area (Å²) < 4.78 is 25.7. The summed E-state index contributed by atoms with van der Waals surface area (Å²) in [6.45, 7) is 1.06. The van der Waals surface area contributed by atoms with E-state index < -0.39 is 0 Å². The van der Waals surface area contributed by atoms with Gasteiger partial charge in [-0.25, -0.2) is 4.39 Å². The van der Waals surface area contributed by atoms with Gasteiger partial charge in [-0.1, -0.05) is 52.9 Å². The first-order valence-electron chi connectivity index (χ1n) is 7.38. The average molecular weight is 414 g/mol. The van der Waals surface area contributed by atoms with Crippen LogP contribution in [0.5, 0.6) is 5.75 Å².